The van der Waals surface area contributed by atoms with Gasteiger partial charge in [0.25, 0.3) is 0 Å². The van der Waals surface area contributed by atoms with Crippen LogP contribution in [0.2, 0.25) is 0 Å². The van der Waals surface area contributed by atoms with Crippen molar-refractivity contribution >= 4 is 48.4 Å². The molecule has 0 aromatic heterocycles. The molecular formula is C16H16O4P2S. The summed E-state index contributed by atoms with van der Waals surface area (Å²) in [6.45, 7) is 0. The molecule has 2 N–H and O–H groups in total. The molecule has 120 valence electrons. The van der Waals surface area contributed by atoms with Crippen molar-refractivity contribution in [3.63, 3.8) is 0 Å². The third kappa shape index (κ3) is 4.71. The highest BCUT2D eigenvalue weighted by atomic mass is 32.6. The normalized spacial score (nSPS) is 13.4. The van der Waals surface area contributed by atoms with Crippen LogP contribution in [-0.2, 0) is 21.4 Å². The highest BCUT2D eigenvalue weighted by Crippen LogP contribution is 2.62. The lowest BCUT2D eigenvalue weighted by molar-refractivity contribution is -0.143. The third-order valence-corrected chi connectivity index (χ3v) is 12.6. The summed E-state index contributed by atoms with van der Waals surface area (Å²) in [6, 6.07) is 19.1. The number of aliphatic carboxylic acids is 2. The summed E-state index contributed by atoms with van der Waals surface area (Å²) in [4.78, 5) is 22.6. The summed E-state index contributed by atoms with van der Waals surface area (Å²) in [5.74, 6) is -2.24. The first-order valence-electron chi connectivity index (χ1n) is 6.89. The summed E-state index contributed by atoms with van der Waals surface area (Å²) >= 11 is 5.63. The van der Waals surface area contributed by atoms with Gasteiger partial charge in [0.1, 0.15) is 0 Å². The lowest BCUT2D eigenvalue weighted by atomic mass is 10.3. The van der Waals surface area contributed by atoms with Crippen LogP contribution in [0.3, 0.4) is 0 Å². The maximum absolute atomic E-state index is 11.5. The summed E-state index contributed by atoms with van der Waals surface area (Å²) in [7, 11) is -1.04. The highest BCUT2D eigenvalue weighted by molar-refractivity contribution is 8.48. The number of hydrogen-bond donors (Lipinski definition) is 2. The van der Waals surface area contributed by atoms with Crippen LogP contribution in [0, 0.1) is 0 Å². The Morgan fingerprint density at radius 2 is 1.39 bits per heavy atom. The molecule has 4 nitrogen and oxygen atoms in total. The zero-order valence-electron chi connectivity index (χ0n) is 12.1. The van der Waals surface area contributed by atoms with Gasteiger partial charge in [-0.25, -0.2) is 0 Å². The van der Waals surface area contributed by atoms with Crippen LogP contribution >= 0.6 is 14.0 Å². The minimum atomic E-state index is -1.90. The van der Waals surface area contributed by atoms with Gasteiger partial charge in [0.15, 0.2) is 0 Å². The van der Waals surface area contributed by atoms with E-state index in [4.69, 9.17) is 16.9 Å². The molecule has 0 saturated carbocycles. The van der Waals surface area contributed by atoms with Crippen LogP contribution in [0.25, 0.3) is 0 Å². The van der Waals surface area contributed by atoms with Crippen molar-refractivity contribution in [3.05, 3.63) is 60.7 Å². The Balaban J connectivity index is 2.47. The zero-order valence-corrected chi connectivity index (χ0v) is 14.8. The van der Waals surface area contributed by atoms with Gasteiger partial charge in [-0.3, -0.25) is 9.59 Å². The number of carboxylic acid groups (broad SMARTS) is 2. The van der Waals surface area contributed by atoms with Gasteiger partial charge in [0.05, 0.1) is 12.1 Å². The largest absolute Gasteiger partial charge is 0.481 e. The first-order chi connectivity index (χ1) is 11.0. The summed E-state index contributed by atoms with van der Waals surface area (Å²) < 4.78 is 0. The van der Waals surface area contributed by atoms with Gasteiger partial charge in [0, 0.05) is 0 Å². The third-order valence-electron chi connectivity index (χ3n) is 3.22. The molecule has 0 saturated heterocycles. The predicted molar refractivity (Wildman–Crippen MR) is 98.4 cm³/mol. The maximum Gasteiger partial charge on any atom is 0.312 e. The van der Waals surface area contributed by atoms with Crippen molar-refractivity contribution in [1.29, 1.82) is 0 Å². The van der Waals surface area contributed by atoms with E-state index in [1.807, 2.05) is 60.7 Å². The number of hydrogen-bond acceptors (Lipinski definition) is 3. The van der Waals surface area contributed by atoms with Crippen molar-refractivity contribution in [1.82, 2.24) is 0 Å². The standard InChI is InChI=1S/C16H16O4P2S/c17-15(18)11-14(16(19)20)22(23)21(12-7-3-1-4-8-12)13-9-5-2-6-10-13/h1-10,14,22H,11H2,(H,17,18)(H,19,20). The second kappa shape index (κ2) is 8.35. The molecule has 0 heterocycles. The van der Waals surface area contributed by atoms with Crippen LogP contribution in [0.15, 0.2) is 60.7 Å². The number of rotatable bonds is 7. The predicted octanol–water partition coefficient (Wildman–Crippen LogP) is 2.64. The minimum Gasteiger partial charge on any atom is -0.481 e. The smallest absolute Gasteiger partial charge is 0.312 e. The van der Waals surface area contributed by atoms with Crippen LogP contribution < -0.4 is 10.6 Å². The maximum atomic E-state index is 11.5. The van der Waals surface area contributed by atoms with Crippen molar-refractivity contribution < 1.29 is 19.8 Å². The van der Waals surface area contributed by atoms with Crippen molar-refractivity contribution in [2.24, 2.45) is 0 Å². The topological polar surface area (TPSA) is 74.6 Å². The summed E-state index contributed by atoms with van der Waals surface area (Å²) in [5, 5.41) is 20.4. The molecule has 0 aliphatic heterocycles. The molecule has 0 spiro atoms. The highest BCUT2D eigenvalue weighted by Gasteiger charge is 2.31. The van der Waals surface area contributed by atoms with Gasteiger partial charge in [-0.2, -0.15) is 0 Å². The Morgan fingerprint density at radius 1 is 0.957 bits per heavy atom. The van der Waals surface area contributed by atoms with E-state index in [2.05, 4.69) is 0 Å². The molecule has 2 aromatic carbocycles. The Labute approximate surface area is 141 Å². The van der Waals surface area contributed by atoms with E-state index in [9.17, 15) is 14.7 Å². The summed E-state index contributed by atoms with van der Waals surface area (Å²) in [6.07, 6.45) is -2.32. The second-order valence-electron chi connectivity index (χ2n) is 4.83. The molecule has 0 fully saturated rings. The molecular weight excluding hydrogens is 350 g/mol. The first kappa shape index (κ1) is 17.8. The van der Waals surface area contributed by atoms with E-state index < -0.39 is 38.0 Å². The fraction of sp³-hybridized carbons (Fsp3) is 0.125. The quantitative estimate of drug-likeness (QED) is 0.737. The Kier molecular flexibility index (Phi) is 6.47. The molecule has 0 aliphatic carbocycles. The van der Waals surface area contributed by atoms with E-state index >= 15 is 0 Å². The minimum absolute atomic E-state index is 0.425. The number of carboxylic acids is 2. The molecule has 0 radical (unpaired) electrons. The van der Waals surface area contributed by atoms with Gasteiger partial charge >= 0.3 is 11.9 Å². The van der Waals surface area contributed by atoms with Crippen LogP contribution in [0.5, 0.6) is 0 Å². The molecule has 2 aromatic rings. The van der Waals surface area contributed by atoms with Crippen molar-refractivity contribution in [3.8, 4) is 0 Å². The molecule has 0 aliphatic rings. The average Bonchev–Trinajstić information content (AvgIpc) is 2.54. The van der Waals surface area contributed by atoms with Gasteiger partial charge in [-0.05, 0) is 24.6 Å². The number of benzene rings is 2. The fourth-order valence-corrected chi connectivity index (χ4v) is 11.2. The van der Waals surface area contributed by atoms with Gasteiger partial charge in [0.2, 0.25) is 0 Å². The molecule has 2 atom stereocenters. The second-order valence-corrected chi connectivity index (χ2v) is 12.9. The van der Waals surface area contributed by atoms with Crippen molar-refractivity contribution in [2.75, 3.05) is 0 Å². The SMILES string of the molecule is O=C(O)CC(C(=O)O)[PH](=S)P(c1ccccc1)c1ccccc1. The first-order valence-corrected chi connectivity index (χ1v) is 11.8. The van der Waals surface area contributed by atoms with E-state index in [1.165, 1.54) is 0 Å². The molecule has 0 bridgehead atoms. The summed E-state index contributed by atoms with van der Waals surface area (Å²) in [5.41, 5.74) is -1.00. The fourth-order valence-electron chi connectivity index (χ4n) is 2.17. The lowest BCUT2D eigenvalue weighted by Gasteiger charge is -2.24. The molecule has 7 heteroatoms. The molecule has 2 unspecified atom stereocenters. The average molecular weight is 366 g/mol. The van der Waals surface area contributed by atoms with Crippen LogP contribution in [0.4, 0.5) is 0 Å². The van der Waals surface area contributed by atoms with Gasteiger partial charge in [-0.15, -0.1) is 0 Å². The Bertz CT molecular complexity index is 667. The lowest BCUT2D eigenvalue weighted by Crippen LogP contribution is -2.22. The van der Waals surface area contributed by atoms with E-state index in [0.717, 1.165) is 10.6 Å². The monoisotopic (exact) mass is 366 g/mol. The van der Waals surface area contributed by atoms with E-state index in [-0.39, 0.29) is 0 Å². The molecule has 23 heavy (non-hydrogen) atoms. The number of carbonyl (C=O) groups is 2. The van der Waals surface area contributed by atoms with Gasteiger partial charge < -0.3 is 10.2 Å². The molecule has 2 rings (SSSR count). The Morgan fingerprint density at radius 3 is 1.74 bits per heavy atom. The Hall–Kier alpha value is -1.54. The van der Waals surface area contributed by atoms with E-state index in [1.54, 1.807) is 0 Å². The molecule has 0 amide bonds. The van der Waals surface area contributed by atoms with Crippen LogP contribution in [0.1, 0.15) is 6.42 Å². The van der Waals surface area contributed by atoms with Crippen LogP contribution in [-0.4, -0.2) is 27.8 Å². The van der Waals surface area contributed by atoms with Crippen molar-refractivity contribution in [2.45, 2.75) is 12.1 Å². The van der Waals surface area contributed by atoms with Gasteiger partial charge in [-0.1, -0.05) is 72.5 Å². The zero-order chi connectivity index (χ0) is 16.8. The van der Waals surface area contributed by atoms with E-state index in [0.29, 0.717) is 0 Å².